The first-order chi connectivity index (χ1) is 14.0. The van der Waals surface area contributed by atoms with Crippen molar-refractivity contribution in [2.24, 2.45) is 5.41 Å². The van der Waals surface area contributed by atoms with Crippen molar-refractivity contribution in [1.29, 1.82) is 0 Å². The highest BCUT2D eigenvalue weighted by Gasteiger charge is 2.58. The zero-order chi connectivity index (χ0) is 20.4. The van der Waals surface area contributed by atoms with Gasteiger partial charge in [-0.3, -0.25) is 9.59 Å². The van der Waals surface area contributed by atoms with E-state index >= 15 is 0 Å². The second-order valence-electron chi connectivity index (χ2n) is 7.52. The lowest BCUT2D eigenvalue weighted by Gasteiger charge is -2.46. The molecule has 1 aliphatic carbocycles. The Bertz CT molecular complexity index is 941. The second-order valence-corrected chi connectivity index (χ2v) is 7.52. The van der Waals surface area contributed by atoms with Crippen LogP contribution in [0.25, 0.3) is 0 Å². The van der Waals surface area contributed by atoms with E-state index in [1.165, 1.54) is 4.90 Å². The maximum absolute atomic E-state index is 13.3. The number of ketones is 1. The van der Waals surface area contributed by atoms with E-state index in [0.717, 1.165) is 16.7 Å². The number of likely N-dealkylation sites (tertiary alicyclic amines) is 1. The number of hydrogen-bond donors (Lipinski definition) is 0. The van der Waals surface area contributed by atoms with Crippen LogP contribution in [0, 0.1) is 5.41 Å². The Hall–Kier alpha value is -3.15. The summed E-state index contributed by atoms with van der Waals surface area (Å²) in [4.78, 5) is 40.4. The SMILES string of the molecule is CCOC(=O)C12Cc3ccccc3C(CN(C(=O)OCc3ccccc3)C1)C2=O. The summed E-state index contributed by atoms with van der Waals surface area (Å²) in [6.07, 6.45) is -0.292. The van der Waals surface area contributed by atoms with Gasteiger partial charge >= 0.3 is 12.1 Å². The standard InChI is InChI=1S/C23H23NO5/c1-2-28-21(26)23-12-17-10-6-7-11-18(17)19(20(23)25)13-24(15-23)22(27)29-14-16-8-4-3-5-9-16/h3-11,19H,2,12-15H2,1H3. The van der Waals surface area contributed by atoms with Crippen LogP contribution in [0.3, 0.4) is 0 Å². The summed E-state index contributed by atoms with van der Waals surface area (Å²) in [5.41, 5.74) is 1.33. The van der Waals surface area contributed by atoms with Crippen LogP contribution in [0.2, 0.25) is 0 Å². The Labute approximate surface area is 169 Å². The highest BCUT2D eigenvalue weighted by molar-refractivity contribution is 6.10. The van der Waals surface area contributed by atoms with Crippen molar-refractivity contribution in [2.75, 3.05) is 19.7 Å². The minimum atomic E-state index is -1.38. The molecule has 4 rings (SSSR count). The van der Waals surface area contributed by atoms with E-state index in [2.05, 4.69) is 0 Å². The first-order valence-electron chi connectivity index (χ1n) is 9.80. The molecule has 6 heteroatoms. The summed E-state index contributed by atoms with van der Waals surface area (Å²) in [5.74, 6) is -1.28. The summed E-state index contributed by atoms with van der Waals surface area (Å²) in [5, 5.41) is 0. The fraction of sp³-hybridized carbons (Fsp3) is 0.348. The molecular formula is C23H23NO5. The number of benzene rings is 2. The molecular weight excluding hydrogens is 370 g/mol. The minimum absolute atomic E-state index is 0.0247. The fourth-order valence-electron chi connectivity index (χ4n) is 4.30. The zero-order valence-corrected chi connectivity index (χ0v) is 16.3. The van der Waals surface area contributed by atoms with E-state index in [-0.39, 0.29) is 38.5 Å². The van der Waals surface area contributed by atoms with Crippen molar-refractivity contribution in [1.82, 2.24) is 4.90 Å². The van der Waals surface area contributed by atoms with Crippen LogP contribution >= 0.6 is 0 Å². The van der Waals surface area contributed by atoms with Gasteiger partial charge in [0.25, 0.3) is 0 Å². The molecule has 0 radical (unpaired) electrons. The number of carbonyl (C=O) groups excluding carboxylic acids is 3. The summed E-state index contributed by atoms with van der Waals surface area (Å²) in [6, 6.07) is 17.0. The lowest BCUT2D eigenvalue weighted by Crippen LogP contribution is -2.61. The van der Waals surface area contributed by atoms with Crippen LogP contribution in [0.15, 0.2) is 54.6 Å². The number of rotatable bonds is 4. The van der Waals surface area contributed by atoms with Gasteiger partial charge in [0.05, 0.1) is 12.5 Å². The van der Waals surface area contributed by atoms with Crippen LogP contribution in [0.5, 0.6) is 0 Å². The van der Waals surface area contributed by atoms with Gasteiger partial charge in [-0.25, -0.2) is 4.79 Å². The molecule has 1 aliphatic heterocycles. The monoisotopic (exact) mass is 393 g/mol. The molecule has 0 N–H and O–H groups in total. The van der Waals surface area contributed by atoms with Crippen molar-refractivity contribution in [2.45, 2.75) is 25.9 Å². The Morgan fingerprint density at radius 3 is 2.55 bits per heavy atom. The predicted octanol–water partition coefficient (Wildman–Crippen LogP) is 3.10. The normalized spacial score (nSPS) is 22.6. The molecule has 2 aliphatic rings. The summed E-state index contributed by atoms with van der Waals surface area (Å²) in [6.45, 7) is 2.20. The van der Waals surface area contributed by atoms with Gasteiger partial charge in [0.15, 0.2) is 5.78 Å². The van der Waals surface area contributed by atoms with Crippen LogP contribution in [-0.4, -0.2) is 42.4 Å². The molecule has 1 heterocycles. The highest BCUT2D eigenvalue weighted by Crippen LogP contribution is 2.45. The smallest absolute Gasteiger partial charge is 0.410 e. The van der Waals surface area contributed by atoms with Gasteiger partial charge in [0, 0.05) is 13.1 Å². The molecule has 1 fully saturated rings. The van der Waals surface area contributed by atoms with Crippen molar-refractivity contribution >= 4 is 17.8 Å². The summed E-state index contributed by atoms with van der Waals surface area (Å²) >= 11 is 0. The summed E-state index contributed by atoms with van der Waals surface area (Å²) < 4.78 is 10.7. The van der Waals surface area contributed by atoms with Crippen LogP contribution in [0.4, 0.5) is 4.79 Å². The Kier molecular flexibility index (Phi) is 5.09. The third-order valence-electron chi connectivity index (χ3n) is 5.70. The molecule has 2 unspecified atom stereocenters. The lowest BCUT2D eigenvalue weighted by atomic mass is 9.63. The van der Waals surface area contributed by atoms with Gasteiger partial charge in [0.1, 0.15) is 12.0 Å². The quantitative estimate of drug-likeness (QED) is 0.590. The third-order valence-corrected chi connectivity index (χ3v) is 5.70. The van der Waals surface area contributed by atoms with Gasteiger partial charge in [-0.1, -0.05) is 54.6 Å². The van der Waals surface area contributed by atoms with Crippen LogP contribution < -0.4 is 0 Å². The molecule has 2 bridgehead atoms. The number of amides is 1. The molecule has 150 valence electrons. The number of Topliss-reactive ketones (excluding diaryl/α,β-unsaturated/α-hetero) is 1. The second kappa shape index (κ2) is 7.70. The Balaban J connectivity index is 1.61. The van der Waals surface area contributed by atoms with E-state index in [1.54, 1.807) is 6.92 Å². The predicted molar refractivity (Wildman–Crippen MR) is 105 cm³/mol. The largest absolute Gasteiger partial charge is 0.465 e. The number of esters is 1. The molecule has 2 aromatic carbocycles. The van der Waals surface area contributed by atoms with Gasteiger partial charge in [0.2, 0.25) is 0 Å². The maximum Gasteiger partial charge on any atom is 0.410 e. The summed E-state index contributed by atoms with van der Waals surface area (Å²) in [7, 11) is 0. The lowest BCUT2D eigenvalue weighted by molar-refractivity contribution is -0.165. The number of ether oxygens (including phenoxy) is 2. The average molecular weight is 393 g/mol. The number of carbonyl (C=O) groups is 3. The number of hydrogen-bond acceptors (Lipinski definition) is 5. The average Bonchev–Trinajstić information content (AvgIpc) is 2.73. The van der Waals surface area contributed by atoms with Crippen LogP contribution in [0.1, 0.15) is 29.5 Å². The minimum Gasteiger partial charge on any atom is -0.465 e. The molecule has 1 amide bonds. The van der Waals surface area contributed by atoms with Gasteiger partial charge in [-0.15, -0.1) is 0 Å². The van der Waals surface area contributed by atoms with Crippen molar-refractivity contribution in [3.63, 3.8) is 0 Å². The molecule has 0 spiro atoms. The fourth-order valence-corrected chi connectivity index (χ4v) is 4.30. The van der Waals surface area contributed by atoms with E-state index in [9.17, 15) is 14.4 Å². The molecule has 2 aromatic rings. The first kappa shape index (κ1) is 19.2. The molecule has 6 nitrogen and oxygen atoms in total. The Morgan fingerprint density at radius 1 is 1.07 bits per heavy atom. The maximum atomic E-state index is 13.3. The number of nitrogens with zero attached hydrogens (tertiary/aromatic N) is 1. The zero-order valence-electron chi connectivity index (χ0n) is 16.3. The van der Waals surface area contributed by atoms with E-state index in [4.69, 9.17) is 9.47 Å². The van der Waals surface area contributed by atoms with Crippen molar-refractivity contribution in [3.8, 4) is 0 Å². The highest BCUT2D eigenvalue weighted by atomic mass is 16.6. The van der Waals surface area contributed by atoms with Gasteiger partial charge in [-0.05, 0) is 30.0 Å². The van der Waals surface area contributed by atoms with Gasteiger partial charge in [-0.2, -0.15) is 0 Å². The van der Waals surface area contributed by atoms with Crippen molar-refractivity contribution in [3.05, 3.63) is 71.3 Å². The Morgan fingerprint density at radius 2 is 1.79 bits per heavy atom. The molecule has 0 aromatic heterocycles. The molecule has 0 saturated carbocycles. The third kappa shape index (κ3) is 3.39. The topological polar surface area (TPSA) is 72.9 Å². The number of piperidine rings is 1. The van der Waals surface area contributed by atoms with Gasteiger partial charge < -0.3 is 14.4 Å². The van der Waals surface area contributed by atoms with E-state index in [0.29, 0.717) is 0 Å². The van der Waals surface area contributed by atoms with Crippen molar-refractivity contribution < 1.29 is 23.9 Å². The van der Waals surface area contributed by atoms with E-state index < -0.39 is 23.4 Å². The molecule has 29 heavy (non-hydrogen) atoms. The van der Waals surface area contributed by atoms with Crippen LogP contribution in [-0.2, 0) is 32.1 Å². The molecule has 1 saturated heterocycles. The number of fused-ring (bicyclic) bond motifs is 4. The van der Waals surface area contributed by atoms with E-state index in [1.807, 2.05) is 54.6 Å². The molecule has 2 atom stereocenters. The first-order valence-corrected chi connectivity index (χ1v) is 9.80.